The molecule has 15 heavy (non-hydrogen) atoms. The third-order valence-corrected chi connectivity index (χ3v) is 2.39. The fraction of sp³-hybridized carbons (Fsp3) is 0.143. The van der Waals surface area contributed by atoms with Crippen molar-refractivity contribution in [1.29, 1.82) is 0 Å². The maximum absolute atomic E-state index is 2.18. The zero-order valence-electron chi connectivity index (χ0n) is 9.19. The SMILES string of the molecule is [Li].c1ccc(CCc2ccccc2)cc1. The topological polar surface area (TPSA) is 0 Å². The van der Waals surface area contributed by atoms with Crippen LogP contribution in [0.4, 0.5) is 0 Å². The number of rotatable bonds is 3. The number of hydrogen-bond donors (Lipinski definition) is 0. The molecule has 0 spiro atoms. The van der Waals surface area contributed by atoms with E-state index in [1.807, 2.05) is 0 Å². The molecule has 2 aromatic rings. The Labute approximate surface area is 104 Å². The van der Waals surface area contributed by atoms with Crippen molar-refractivity contribution < 1.29 is 0 Å². The van der Waals surface area contributed by atoms with Gasteiger partial charge in [-0.05, 0) is 24.0 Å². The van der Waals surface area contributed by atoms with Gasteiger partial charge in [0.15, 0.2) is 0 Å². The second-order valence-electron chi connectivity index (χ2n) is 3.47. The molecule has 0 saturated carbocycles. The van der Waals surface area contributed by atoms with Crippen LogP contribution < -0.4 is 0 Å². The first kappa shape index (κ1) is 12.1. The molecule has 0 aromatic heterocycles. The van der Waals surface area contributed by atoms with Gasteiger partial charge in [-0.25, -0.2) is 0 Å². The maximum atomic E-state index is 2.18. The van der Waals surface area contributed by atoms with Crippen molar-refractivity contribution in [2.45, 2.75) is 12.8 Å². The van der Waals surface area contributed by atoms with E-state index < -0.39 is 0 Å². The second kappa shape index (κ2) is 6.51. The molecule has 2 rings (SSSR count). The summed E-state index contributed by atoms with van der Waals surface area (Å²) in [6, 6.07) is 21.2. The third kappa shape index (κ3) is 3.96. The minimum atomic E-state index is 0. The summed E-state index contributed by atoms with van der Waals surface area (Å²) in [5.74, 6) is 0. The standard InChI is InChI=1S/C14H14.Li/c1-3-7-13(8-4-1)11-12-14-9-5-2-6-10-14;/h1-10H,11-12H2;. The number of hydrogen-bond acceptors (Lipinski definition) is 0. The van der Waals surface area contributed by atoms with Crippen LogP contribution in [0.1, 0.15) is 11.1 Å². The second-order valence-corrected chi connectivity index (χ2v) is 3.47. The van der Waals surface area contributed by atoms with Crippen LogP contribution in [0.15, 0.2) is 60.7 Å². The van der Waals surface area contributed by atoms with E-state index >= 15 is 0 Å². The Morgan fingerprint density at radius 3 is 1.20 bits per heavy atom. The van der Waals surface area contributed by atoms with Crippen LogP contribution >= 0.6 is 0 Å². The van der Waals surface area contributed by atoms with E-state index in [-0.39, 0.29) is 18.9 Å². The van der Waals surface area contributed by atoms with Gasteiger partial charge >= 0.3 is 0 Å². The minimum Gasteiger partial charge on any atom is -0.0622 e. The Morgan fingerprint density at radius 2 is 0.867 bits per heavy atom. The summed E-state index contributed by atoms with van der Waals surface area (Å²) in [6.45, 7) is 0. The first-order valence-corrected chi connectivity index (χ1v) is 5.03. The van der Waals surface area contributed by atoms with Crippen molar-refractivity contribution in [2.75, 3.05) is 0 Å². The summed E-state index contributed by atoms with van der Waals surface area (Å²) in [5, 5.41) is 0. The Balaban J connectivity index is 0.00000112. The van der Waals surface area contributed by atoms with E-state index in [4.69, 9.17) is 0 Å². The first-order valence-electron chi connectivity index (χ1n) is 5.03. The van der Waals surface area contributed by atoms with Gasteiger partial charge in [-0.2, -0.15) is 0 Å². The van der Waals surface area contributed by atoms with Crippen LogP contribution in [-0.4, -0.2) is 18.9 Å². The van der Waals surface area contributed by atoms with Crippen molar-refractivity contribution in [3.05, 3.63) is 71.8 Å². The Hall–Kier alpha value is -0.963. The van der Waals surface area contributed by atoms with Gasteiger partial charge in [0.1, 0.15) is 0 Å². The summed E-state index contributed by atoms with van der Waals surface area (Å²) in [4.78, 5) is 0. The van der Waals surface area contributed by atoms with Gasteiger partial charge in [0.2, 0.25) is 0 Å². The number of aryl methyl sites for hydroxylation is 2. The van der Waals surface area contributed by atoms with Gasteiger partial charge in [0.25, 0.3) is 0 Å². The summed E-state index contributed by atoms with van der Waals surface area (Å²) in [5.41, 5.74) is 2.83. The van der Waals surface area contributed by atoms with Crippen LogP contribution in [0, 0.1) is 0 Å². The summed E-state index contributed by atoms with van der Waals surface area (Å²) in [6.07, 6.45) is 2.26. The molecule has 0 N–H and O–H groups in total. The maximum Gasteiger partial charge on any atom is 0 e. The molecule has 0 nitrogen and oxygen atoms in total. The average Bonchev–Trinajstić information content (AvgIpc) is 2.29. The van der Waals surface area contributed by atoms with Crippen LogP contribution in [-0.2, 0) is 12.8 Å². The van der Waals surface area contributed by atoms with Gasteiger partial charge in [-0.1, -0.05) is 60.7 Å². The molecule has 1 radical (unpaired) electrons. The zero-order valence-corrected chi connectivity index (χ0v) is 9.19. The Bertz CT molecular complexity index is 328. The number of benzene rings is 2. The molecule has 0 heterocycles. The molecule has 0 aliphatic carbocycles. The van der Waals surface area contributed by atoms with Crippen molar-refractivity contribution in [1.82, 2.24) is 0 Å². The van der Waals surface area contributed by atoms with Crippen molar-refractivity contribution >= 4 is 18.9 Å². The molecular formula is C14H14Li. The first-order chi connectivity index (χ1) is 6.95. The van der Waals surface area contributed by atoms with E-state index in [1.165, 1.54) is 11.1 Å². The fourth-order valence-electron chi connectivity index (χ4n) is 1.58. The molecule has 0 unspecified atom stereocenters. The van der Waals surface area contributed by atoms with E-state index in [2.05, 4.69) is 60.7 Å². The van der Waals surface area contributed by atoms with Crippen molar-refractivity contribution in [3.63, 3.8) is 0 Å². The summed E-state index contributed by atoms with van der Waals surface area (Å²) in [7, 11) is 0. The van der Waals surface area contributed by atoms with Gasteiger partial charge < -0.3 is 0 Å². The van der Waals surface area contributed by atoms with Crippen LogP contribution in [0.3, 0.4) is 0 Å². The summed E-state index contributed by atoms with van der Waals surface area (Å²) < 4.78 is 0. The van der Waals surface area contributed by atoms with E-state index in [1.54, 1.807) is 0 Å². The molecule has 0 aliphatic heterocycles. The van der Waals surface area contributed by atoms with Crippen LogP contribution in [0.25, 0.3) is 0 Å². The predicted molar refractivity (Wildman–Crippen MR) is 66.0 cm³/mol. The van der Waals surface area contributed by atoms with Crippen LogP contribution in [0.5, 0.6) is 0 Å². The van der Waals surface area contributed by atoms with Gasteiger partial charge in [0, 0.05) is 18.9 Å². The van der Waals surface area contributed by atoms with Crippen LogP contribution in [0.2, 0.25) is 0 Å². The summed E-state index contributed by atoms with van der Waals surface area (Å²) >= 11 is 0. The smallest absolute Gasteiger partial charge is 0 e. The molecule has 0 fully saturated rings. The van der Waals surface area contributed by atoms with Gasteiger partial charge in [-0.15, -0.1) is 0 Å². The molecule has 0 saturated heterocycles. The Morgan fingerprint density at radius 1 is 0.533 bits per heavy atom. The Kier molecular flexibility index (Phi) is 5.25. The molecule has 0 amide bonds. The molecular weight excluding hydrogens is 175 g/mol. The molecule has 2 aromatic carbocycles. The van der Waals surface area contributed by atoms with E-state index in [0.717, 1.165) is 12.8 Å². The normalized spacial score (nSPS) is 9.33. The largest absolute Gasteiger partial charge is 0.0622 e. The quantitative estimate of drug-likeness (QED) is 0.651. The molecule has 0 aliphatic rings. The molecule has 1 heteroatoms. The third-order valence-electron chi connectivity index (χ3n) is 2.39. The predicted octanol–water partition coefficient (Wildman–Crippen LogP) is 3.09. The molecule has 0 atom stereocenters. The molecule has 0 bridgehead atoms. The average molecular weight is 189 g/mol. The minimum absolute atomic E-state index is 0. The fourth-order valence-corrected chi connectivity index (χ4v) is 1.58. The van der Waals surface area contributed by atoms with Gasteiger partial charge in [0.05, 0.1) is 0 Å². The van der Waals surface area contributed by atoms with Gasteiger partial charge in [-0.3, -0.25) is 0 Å². The van der Waals surface area contributed by atoms with Crippen molar-refractivity contribution in [2.24, 2.45) is 0 Å². The van der Waals surface area contributed by atoms with E-state index in [9.17, 15) is 0 Å². The monoisotopic (exact) mass is 189 g/mol. The zero-order chi connectivity index (χ0) is 9.64. The molecule has 71 valence electrons. The van der Waals surface area contributed by atoms with Crippen molar-refractivity contribution in [3.8, 4) is 0 Å². The van der Waals surface area contributed by atoms with E-state index in [0.29, 0.717) is 0 Å².